The molecule has 0 atom stereocenters. The topological polar surface area (TPSA) is 21.3 Å². The summed E-state index contributed by atoms with van der Waals surface area (Å²) >= 11 is 0. The molecule has 0 aromatic rings. The third-order valence-electron chi connectivity index (χ3n) is 1.59. The zero-order chi connectivity index (χ0) is 10.2. The molecule has 0 bridgehead atoms. The molecule has 0 radical (unpaired) electrons. The molecule has 0 amide bonds. The van der Waals surface area contributed by atoms with Crippen LogP contribution in [0.5, 0.6) is 0 Å². The minimum absolute atomic E-state index is 0.312. The Bertz CT molecular complexity index is 136. The molecule has 0 aliphatic rings. The number of ether oxygens (including phenoxy) is 1. The van der Waals surface area contributed by atoms with Crippen LogP contribution in [0.25, 0.3) is 0 Å². The molecule has 0 saturated heterocycles. The van der Waals surface area contributed by atoms with Crippen molar-refractivity contribution in [3.05, 3.63) is 12.2 Å². The second-order valence-corrected chi connectivity index (χ2v) is 4.30. The van der Waals surface area contributed by atoms with E-state index in [1.165, 1.54) is 0 Å². The number of allylic oxidation sites excluding steroid dienone is 1. The molecule has 0 saturated carbocycles. The number of hydrogen-bond donors (Lipinski definition) is 1. The Morgan fingerprint density at radius 3 is 2.46 bits per heavy atom. The van der Waals surface area contributed by atoms with E-state index in [1.54, 1.807) is 7.11 Å². The quantitative estimate of drug-likeness (QED) is 0.506. The predicted octanol–water partition coefficient (Wildman–Crippen LogP) is 2.21. The molecule has 0 aromatic heterocycles. The largest absolute Gasteiger partial charge is 0.383 e. The molecule has 0 fully saturated rings. The van der Waals surface area contributed by atoms with Gasteiger partial charge in [-0.2, -0.15) is 0 Å². The first-order valence-corrected chi connectivity index (χ1v) is 4.93. The van der Waals surface area contributed by atoms with E-state index in [1.807, 2.05) is 0 Å². The Morgan fingerprint density at radius 1 is 1.23 bits per heavy atom. The second-order valence-electron chi connectivity index (χ2n) is 4.30. The minimum atomic E-state index is 0.312. The van der Waals surface area contributed by atoms with E-state index in [4.69, 9.17) is 4.74 Å². The van der Waals surface area contributed by atoms with Crippen molar-refractivity contribution >= 4 is 0 Å². The normalized spacial score (nSPS) is 12.6. The highest BCUT2D eigenvalue weighted by molar-refractivity contribution is 4.92. The van der Waals surface area contributed by atoms with Gasteiger partial charge in [0.2, 0.25) is 0 Å². The highest BCUT2D eigenvalue weighted by Gasteiger charge is 2.02. The third-order valence-corrected chi connectivity index (χ3v) is 1.59. The number of nitrogens with one attached hydrogen (secondary N) is 1. The van der Waals surface area contributed by atoms with E-state index < -0.39 is 0 Å². The first kappa shape index (κ1) is 12.7. The van der Waals surface area contributed by atoms with Gasteiger partial charge in [-0.25, -0.2) is 0 Å². The van der Waals surface area contributed by atoms with Crippen molar-refractivity contribution < 1.29 is 4.74 Å². The Balaban J connectivity index is 3.21. The smallest absolute Gasteiger partial charge is 0.0587 e. The third kappa shape index (κ3) is 11.7. The average molecular weight is 185 g/mol. The summed E-state index contributed by atoms with van der Waals surface area (Å²) in [5.41, 5.74) is 0.312. The Hall–Kier alpha value is -0.340. The van der Waals surface area contributed by atoms with Gasteiger partial charge in [0, 0.05) is 13.7 Å². The van der Waals surface area contributed by atoms with Gasteiger partial charge in [-0.15, -0.1) is 0 Å². The molecular weight excluding hydrogens is 162 g/mol. The van der Waals surface area contributed by atoms with Gasteiger partial charge < -0.3 is 10.1 Å². The van der Waals surface area contributed by atoms with Crippen LogP contribution in [-0.2, 0) is 4.74 Å². The van der Waals surface area contributed by atoms with Crippen LogP contribution in [0, 0.1) is 5.41 Å². The fourth-order valence-corrected chi connectivity index (χ4v) is 0.922. The zero-order valence-corrected chi connectivity index (χ0v) is 9.39. The number of hydrogen-bond acceptors (Lipinski definition) is 2. The fourth-order valence-electron chi connectivity index (χ4n) is 0.922. The van der Waals surface area contributed by atoms with Gasteiger partial charge in [0.15, 0.2) is 0 Å². The van der Waals surface area contributed by atoms with Crippen molar-refractivity contribution in [1.29, 1.82) is 0 Å². The lowest BCUT2D eigenvalue weighted by atomic mass is 9.96. The molecule has 1 N–H and O–H groups in total. The van der Waals surface area contributed by atoms with Crippen molar-refractivity contribution in [2.24, 2.45) is 5.41 Å². The van der Waals surface area contributed by atoms with Gasteiger partial charge in [-0.3, -0.25) is 0 Å². The molecule has 0 aliphatic heterocycles. The van der Waals surface area contributed by atoms with Gasteiger partial charge in [-0.1, -0.05) is 32.9 Å². The van der Waals surface area contributed by atoms with Gasteiger partial charge in [0.1, 0.15) is 0 Å². The summed E-state index contributed by atoms with van der Waals surface area (Å²) in [6.07, 6.45) is 5.59. The van der Waals surface area contributed by atoms with Crippen molar-refractivity contribution in [2.45, 2.75) is 27.2 Å². The molecule has 13 heavy (non-hydrogen) atoms. The highest BCUT2D eigenvalue weighted by Crippen LogP contribution is 2.14. The van der Waals surface area contributed by atoms with Crippen LogP contribution in [0.2, 0.25) is 0 Å². The lowest BCUT2D eigenvalue weighted by molar-refractivity contribution is 0.199. The van der Waals surface area contributed by atoms with E-state index in [0.29, 0.717) is 5.41 Å². The van der Waals surface area contributed by atoms with Gasteiger partial charge in [-0.05, 0) is 18.4 Å². The van der Waals surface area contributed by atoms with E-state index in [2.05, 4.69) is 38.2 Å². The summed E-state index contributed by atoms with van der Waals surface area (Å²) in [7, 11) is 1.72. The summed E-state index contributed by atoms with van der Waals surface area (Å²) in [6.45, 7) is 9.41. The van der Waals surface area contributed by atoms with Crippen LogP contribution in [0.4, 0.5) is 0 Å². The predicted molar refractivity (Wildman–Crippen MR) is 58.0 cm³/mol. The van der Waals surface area contributed by atoms with Gasteiger partial charge >= 0.3 is 0 Å². The van der Waals surface area contributed by atoms with E-state index in [9.17, 15) is 0 Å². The van der Waals surface area contributed by atoms with Crippen LogP contribution in [0.15, 0.2) is 12.2 Å². The molecule has 2 heteroatoms. The summed E-state index contributed by atoms with van der Waals surface area (Å²) in [5, 5.41) is 3.30. The number of methoxy groups -OCH3 is 1. The molecule has 0 heterocycles. The van der Waals surface area contributed by atoms with Crippen molar-refractivity contribution in [3.8, 4) is 0 Å². The molecule has 0 aliphatic carbocycles. The molecule has 0 rings (SSSR count). The molecule has 2 nitrogen and oxygen atoms in total. The first-order chi connectivity index (χ1) is 6.06. The lowest BCUT2D eigenvalue weighted by Crippen LogP contribution is -2.19. The van der Waals surface area contributed by atoms with Crippen LogP contribution < -0.4 is 5.32 Å². The summed E-state index contributed by atoms with van der Waals surface area (Å²) in [4.78, 5) is 0. The average Bonchev–Trinajstić information content (AvgIpc) is 2.01. The molecule has 78 valence electrons. The highest BCUT2D eigenvalue weighted by atomic mass is 16.5. The maximum absolute atomic E-state index is 4.92. The van der Waals surface area contributed by atoms with Crippen LogP contribution in [0.3, 0.4) is 0 Å². The SMILES string of the molecule is COCCNCCC=CC(C)(C)C. The monoisotopic (exact) mass is 185 g/mol. The van der Waals surface area contributed by atoms with Gasteiger partial charge in [0.25, 0.3) is 0 Å². The molecular formula is C11H23NO. The molecule has 0 aromatic carbocycles. The summed E-state index contributed by atoms with van der Waals surface area (Å²) in [6, 6.07) is 0. The summed E-state index contributed by atoms with van der Waals surface area (Å²) < 4.78 is 4.92. The Kier molecular flexibility index (Phi) is 6.92. The maximum atomic E-state index is 4.92. The Morgan fingerprint density at radius 2 is 1.92 bits per heavy atom. The van der Waals surface area contributed by atoms with Crippen molar-refractivity contribution in [1.82, 2.24) is 5.32 Å². The lowest BCUT2D eigenvalue weighted by Gasteiger charge is -2.10. The van der Waals surface area contributed by atoms with Crippen LogP contribution >= 0.6 is 0 Å². The maximum Gasteiger partial charge on any atom is 0.0587 e. The van der Waals surface area contributed by atoms with Crippen molar-refractivity contribution in [3.63, 3.8) is 0 Å². The van der Waals surface area contributed by atoms with E-state index >= 15 is 0 Å². The van der Waals surface area contributed by atoms with Crippen LogP contribution in [-0.4, -0.2) is 26.8 Å². The van der Waals surface area contributed by atoms with Crippen molar-refractivity contribution in [2.75, 3.05) is 26.8 Å². The first-order valence-electron chi connectivity index (χ1n) is 4.93. The van der Waals surface area contributed by atoms with E-state index in [-0.39, 0.29) is 0 Å². The van der Waals surface area contributed by atoms with Gasteiger partial charge in [0.05, 0.1) is 6.61 Å². The molecule has 0 unspecified atom stereocenters. The molecule has 0 spiro atoms. The standard InChI is InChI=1S/C11H23NO/c1-11(2,3)7-5-6-8-12-9-10-13-4/h5,7,12H,6,8-10H2,1-4H3. The second kappa shape index (κ2) is 7.10. The Labute approximate surface area is 82.4 Å². The number of rotatable bonds is 6. The summed E-state index contributed by atoms with van der Waals surface area (Å²) in [5.74, 6) is 0. The zero-order valence-electron chi connectivity index (χ0n) is 9.39. The van der Waals surface area contributed by atoms with Crippen LogP contribution in [0.1, 0.15) is 27.2 Å². The fraction of sp³-hybridized carbons (Fsp3) is 0.818. The van der Waals surface area contributed by atoms with E-state index in [0.717, 1.165) is 26.1 Å². The minimum Gasteiger partial charge on any atom is -0.383 e.